The largest absolute Gasteiger partial charge is 0.203 e. The lowest BCUT2D eigenvalue weighted by molar-refractivity contribution is 0.221. The molecule has 0 atom stereocenters. The zero-order chi connectivity index (χ0) is 22.1. The lowest BCUT2D eigenvalue weighted by Gasteiger charge is -2.32. The highest BCUT2D eigenvalue weighted by Crippen LogP contribution is 2.41. The minimum atomic E-state index is -0.973. The van der Waals surface area contributed by atoms with E-state index in [1.54, 1.807) is 12.1 Å². The van der Waals surface area contributed by atoms with Crippen LogP contribution in [-0.4, -0.2) is 0 Å². The van der Waals surface area contributed by atoms with E-state index < -0.39 is 11.6 Å². The van der Waals surface area contributed by atoms with E-state index in [2.05, 4.69) is 6.92 Å². The van der Waals surface area contributed by atoms with E-state index in [1.165, 1.54) is 83.1 Å². The van der Waals surface area contributed by atoms with Gasteiger partial charge in [0.1, 0.15) is 6.07 Å². The van der Waals surface area contributed by atoms with Crippen molar-refractivity contribution in [2.24, 2.45) is 17.8 Å². The van der Waals surface area contributed by atoms with Crippen molar-refractivity contribution in [1.82, 2.24) is 0 Å². The predicted octanol–water partition coefficient (Wildman–Crippen LogP) is 9.06. The molecule has 2 aliphatic rings. The molecule has 0 amide bonds. The maximum atomic E-state index is 14.4. The van der Waals surface area contributed by atoms with Crippen LogP contribution in [0.15, 0.2) is 12.1 Å². The van der Waals surface area contributed by atoms with E-state index >= 15 is 0 Å². The Balaban J connectivity index is 1.33. The molecule has 0 saturated heterocycles. The van der Waals surface area contributed by atoms with Gasteiger partial charge < -0.3 is 0 Å². The highest BCUT2D eigenvalue weighted by molar-refractivity contribution is 5.36. The Morgan fingerprint density at radius 1 is 0.742 bits per heavy atom. The molecule has 0 heterocycles. The summed E-state index contributed by atoms with van der Waals surface area (Å²) in [4.78, 5) is 0. The third-order valence-corrected chi connectivity index (χ3v) is 8.18. The summed E-state index contributed by atoms with van der Waals surface area (Å²) in [5.41, 5.74) is 0.282. The van der Waals surface area contributed by atoms with Crippen LogP contribution >= 0.6 is 0 Å². The molecule has 1 aromatic rings. The van der Waals surface area contributed by atoms with Gasteiger partial charge in [-0.25, -0.2) is 8.78 Å². The third-order valence-electron chi connectivity index (χ3n) is 8.18. The Labute approximate surface area is 188 Å². The summed E-state index contributed by atoms with van der Waals surface area (Å²) in [5, 5.41) is 8.87. The normalized spacial score (nSPS) is 26.5. The fourth-order valence-electron chi connectivity index (χ4n) is 6.04. The summed E-state index contributed by atoms with van der Waals surface area (Å²) >= 11 is 0. The van der Waals surface area contributed by atoms with Gasteiger partial charge in [0.05, 0.1) is 5.56 Å². The van der Waals surface area contributed by atoms with E-state index in [1.807, 2.05) is 0 Å². The Morgan fingerprint density at radius 3 is 1.87 bits per heavy atom. The van der Waals surface area contributed by atoms with Gasteiger partial charge in [-0.2, -0.15) is 5.26 Å². The van der Waals surface area contributed by atoms with Crippen molar-refractivity contribution in [3.8, 4) is 6.07 Å². The van der Waals surface area contributed by atoms with Crippen LogP contribution < -0.4 is 0 Å². The molecule has 2 saturated carbocycles. The van der Waals surface area contributed by atoms with E-state index in [9.17, 15) is 8.78 Å². The summed E-state index contributed by atoms with van der Waals surface area (Å²) in [6.45, 7) is 2.28. The van der Waals surface area contributed by atoms with Crippen LogP contribution in [0.2, 0.25) is 0 Å². The molecule has 0 spiro atoms. The smallest absolute Gasteiger partial charge is 0.176 e. The molecule has 3 heteroatoms. The first-order valence-corrected chi connectivity index (χ1v) is 13.0. The van der Waals surface area contributed by atoms with Crippen LogP contribution in [0.5, 0.6) is 0 Å². The van der Waals surface area contributed by atoms with Gasteiger partial charge in [0, 0.05) is 0 Å². The van der Waals surface area contributed by atoms with Crippen LogP contribution in [0.25, 0.3) is 0 Å². The lowest BCUT2D eigenvalue weighted by Crippen LogP contribution is -2.18. The number of halogens is 2. The standard InChI is InChI=1S/C28H41F2N/c1-2-3-4-5-6-7-21-8-10-22(11-9-21)12-13-23-14-16-24(17-15-23)26-19-18-25(20-31)27(29)28(26)30/h18-19,21-24H,2-17H2,1H3. The van der Waals surface area contributed by atoms with Crippen LogP contribution in [0.3, 0.4) is 0 Å². The summed E-state index contributed by atoms with van der Waals surface area (Å²) < 4.78 is 28.3. The summed E-state index contributed by atoms with van der Waals surface area (Å²) in [6, 6.07) is 4.79. The Bertz CT molecular complexity index is 706. The molecule has 31 heavy (non-hydrogen) atoms. The molecule has 172 valence electrons. The van der Waals surface area contributed by atoms with Gasteiger partial charge >= 0.3 is 0 Å². The molecular weight excluding hydrogens is 388 g/mol. The van der Waals surface area contributed by atoms with Gasteiger partial charge in [-0.05, 0) is 61.0 Å². The molecule has 0 radical (unpaired) electrons. The van der Waals surface area contributed by atoms with E-state index in [0.29, 0.717) is 5.56 Å². The topological polar surface area (TPSA) is 23.8 Å². The minimum absolute atomic E-state index is 0.103. The van der Waals surface area contributed by atoms with Gasteiger partial charge in [-0.15, -0.1) is 0 Å². The monoisotopic (exact) mass is 429 g/mol. The number of nitriles is 1. The molecule has 1 nitrogen and oxygen atoms in total. The van der Waals surface area contributed by atoms with Crippen LogP contribution in [0.4, 0.5) is 8.78 Å². The van der Waals surface area contributed by atoms with E-state index in [0.717, 1.165) is 43.4 Å². The molecule has 2 fully saturated rings. The quantitative estimate of drug-likeness (QED) is 0.340. The molecular formula is C28H41F2N. The molecule has 2 aliphatic carbocycles. The van der Waals surface area contributed by atoms with Gasteiger partial charge in [0.25, 0.3) is 0 Å². The zero-order valence-electron chi connectivity index (χ0n) is 19.5. The number of hydrogen-bond donors (Lipinski definition) is 0. The van der Waals surface area contributed by atoms with Crippen LogP contribution in [0.1, 0.15) is 127 Å². The Morgan fingerprint density at radius 2 is 1.29 bits per heavy atom. The molecule has 0 unspecified atom stereocenters. The third kappa shape index (κ3) is 7.03. The second-order valence-electron chi connectivity index (χ2n) is 10.3. The Kier molecular flexibility index (Phi) is 9.82. The SMILES string of the molecule is CCCCCCCC1CCC(CCC2CCC(c3ccc(C#N)c(F)c3F)CC2)CC1. The van der Waals surface area contributed by atoms with Crippen molar-refractivity contribution in [3.63, 3.8) is 0 Å². The second kappa shape index (κ2) is 12.6. The Hall–Kier alpha value is -1.43. The van der Waals surface area contributed by atoms with Crippen molar-refractivity contribution in [1.29, 1.82) is 5.26 Å². The summed E-state index contributed by atoms with van der Waals surface area (Å²) in [6.07, 6.45) is 21.0. The minimum Gasteiger partial charge on any atom is -0.203 e. The lowest BCUT2D eigenvalue weighted by atomic mass is 9.73. The molecule has 0 aliphatic heterocycles. The maximum Gasteiger partial charge on any atom is 0.176 e. The summed E-state index contributed by atoms with van der Waals surface area (Å²) in [5.74, 6) is 0.976. The summed E-state index contributed by atoms with van der Waals surface area (Å²) in [7, 11) is 0. The fourth-order valence-corrected chi connectivity index (χ4v) is 6.04. The van der Waals surface area contributed by atoms with Gasteiger partial charge in [-0.1, -0.05) is 90.0 Å². The number of nitrogens with zero attached hydrogens (tertiary/aromatic N) is 1. The van der Waals surface area contributed by atoms with Crippen molar-refractivity contribution >= 4 is 0 Å². The van der Waals surface area contributed by atoms with Crippen molar-refractivity contribution in [2.45, 2.75) is 116 Å². The molecule has 0 aromatic heterocycles. The first-order valence-electron chi connectivity index (χ1n) is 13.0. The van der Waals surface area contributed by atoms with Gasteiger partial charge in [-0.3, -0.25) is 0 Å². The average molecular weight is 430 g/mol. The molecule has 0 bridgehead atoms. The molecule has 0 N–H and O–H groups in total. The highest BCUT2D eigenvalue weighted by Gasteiger charge is 2.27. The van der Waals surface area contributed by atoms with E-state index in [4.69, 9.17) is 5.26 Å². The molecule has 3 rings (SSSR count). The van der Waals surface area contributed by atoms with Crippen molar-refractivity contribution < 1.29 is 8.78 Å². The van der Waals surface area contributed by atoms with E-state index in [-0.39, 0.29) is 11.5 Å². The van der Waals surface area contributed by atoms with Gasteiger partial charge in [0.15, 0.2) is 11.6 Å². The maximum absolute atomic E-state index is 14.4. The second-order valence-corrected chi connectivity index (χ2v) is 10.3. The zero-order valence-corrected chi connectivity index (χ0v) is 19.5. The fraction of sp³-hybridized carbons (Fsp3) is 0.750. The van der Waals surface area contributed by atoms with Crippen molar-refractivity contribution in [3.05, 3.63) is 34.9 Å². The number of benzene rings is 1. The predicted molar refractivity (Wildman–Crippen MR) is 124 cm³/mol. The molecule has 1 aromatic carbocycles. The van der Waals surface area contributed by atoms with Gasteiger partial charge in [0.2, 0.25) is 0 Å². The number of rotatable bonds is 10. The first-order chi connectivity index (χ1) is 15.1. The first kappa shape index (κ1) is 24.2. The number of unbranched alkanes of at least 4 members (excludes halogenated alkanes) is 4. The average Bonchev–Trinajstić information content (AvgIpc) is 2.80. The van der Waals surface area contributed by atoms with Crippen molar-refractivity contribution in [2.75, 3.05) is 0 Å². The van der Waals surface area contributed by atoms with Crippen LogP contribution in [0, 0.1) is 40.7 Å². The number of hydrogen-bond acceptors (Lipinski definition) is 1. The highest BCUT2D eigenvalue weighted by atomic mass is 19.2. The van der Waals surface area contributed by atoms with Crippen LogP contribution in [-0.2, 0) is 0 Å².